The first-order valence-corrected chi connectivity index (χ1v) is 6.39. The van der Waals surface area contributed by atoms with Crippen LogP contribution in [0.1, 0.15) is 19.3 Å². The maximum Gasteiger partial charge on any atom is 0.228 e. The quantitative estimate of drug-likeness (QED) is 0.717. The molecule has 1 amide bonds. The Labute approximate surface area is 92.9 Å². The van der Waals surface area contributed by atoms with E-state index in [4.69, 9.17) is 4.74 Å². The number of alkyl halides is 1. The molecule has 0 aromatic heterocycles. The molecule has 0 aromatic rings. The molecule has 80 valence electrons. The summed E-state index contributed by atoms with van der Waals surface area (Å²) < 4.78 is 5.25. The number of nitrogens with zero attached hydrogens (tertiary/aromatic N) is 1. The van der Waals surface area contributed by atoms with Crippen molar-refractivity contribution in [2.75, 3.05) is 25.1 Å². The number of ether oxygens (including phenoxy) is 1. The summed E-state index contributed by atoms with van der Waals surface area (Å²) in [5.41, 5.74) is 0. The lowest BCUT2D eigenvalue weighted by Crippen LogP contribution is -2.39. The molecule has 2 aliphatic rings. The highest BCUT2D eigenvalue weighted by molar-refractivity contribution is 9.09. The third-order valence-corrected chi connectivity index (χ3v) is 3.23. The SMILES string of the molecule is O=C(C1CCOC1)N(CCBr)C1CC1. The van der Waals surface area contributed by atoms with Gasteiger partial charge in [-0.15, -0.1) is 0 Å². The van der Waals surface area contributed by atoms with Crippen molar-refractivity contribution in [2.24, 2.45) is 5.92 Å². The minimum Gasteiger partial charge on any atom is -0.381 e. The molecular formula is C10H16BrNO2. The van der Waals surface area contributed by atoms with Crippen LogP contribution in [0, 0.1) is 5.92 Å². The normalized spacial score (nSPS) is 26.5. The van der Waals surface area contributed by atoms with E-state index in [1.54, 1.807) is 0 Å². The smallest absolute Gasteiger partial charge is 0.228 e. The van der Waals surface area contributed by atoms with Crippen molar-refractivity contribution in [3.63, 3.8) is 0 Å². The number of carbonyl (C=O) groups is 1. The third kappa shape index (κ3) is 2.28. The van der Waals surface area contributed by atoms with Crippen LogP contribution < -0.4 is 0 Å². The molecule has 0 bridgehead atoms. The second kappa shape index (κ2) is 4.62. The van der Waals surface area contributed by atoms with Gasteiger partial charge in [0.25, 0.3) is 0 Å². The van der Waals surface area contributed by atoms with Crippen LogP contribution in [0.4, 0.5) is 0 Å². The molecule has 1 heterocycles. The summed E-state index contributed by atoms with van der Waals surface area (Å²) in [5.74, 6) is 0.444. The molecule has 2 rings (SSSR count). The molecule has 1 atom stereocenters. The Morgan fingerprint density at radius 2 is 2.21 bits per heavy atom. The van der Waals surface area contributed by atoms with Crippen molar-refractivity contribution in [1.82, 2.24) is 4.90 Å². The molecule has 1 saturated heterocycles. The van der Waals surface area contributed by atoms with Gasteiger partial charge in [0.15, 0.2) is 0 Å². The van der Waals surface area contributed by atoms with Crippen LogP contribution in [0.25, 0.3) is 0 Å². The zero-order chi connectivity index (χ0) is 9.97. The van der Waals surface area contributed by atoms with Crippen LogP contribution >= 0.6 is 15.9 Å². The average Bonchev–Trinajstić information content (AvgIpc) is 2.88. The van der Waals surface area contributed by atoms with E-state index in [9.17, 15) is 4.79 Å². The Balaban J connectivity index is 1.91. The monoisotopic (exact) mass is 261 g/mol. The van der Waals surface area contributed by atoms with Crippen LogP contribution in [-0.2, 0) is 9.53 Å². The predicted molar refractivity (Wildman–Crippen MR) is 57.5 cm³/mol. The van der Waals surface area contributed by atoms with Gasteiger partial charge >= 0.3 is 0 Å². The molecule has 2 fully saturated rings. The van der Waals surface area contributed by atoms with Crippen molar-refractivity contribution in [1.29, 1.82) is 0 Å². The first-order chi connectivity index (χ1) is 6.83. The summed E-state index contributed by atoms with van der Waals surface area (Å²) in [6.45, 7) is 2.23. The van der Waals surface area contributed by atoms with Gasteiger partial charge in [0, 0.05) is 24.5 Å². The summed E-state index contributed by atoms with van der Waals surface area (Å²) in [6.07, 6.45) is 3.28. The summed E-state index contributed by atoms with van der Waals surface area (Å²) >= 11 is 3.40. The van der Waals surface area contributed by atoms with Gasteiger partial charge in [0.05, 0.1) is 12.5 Å². The summed E-state index contributed by atoms with van der Waals surface area (Å²) in [6, 6.07) is 0.528. The predicted octanol–water partition coefficient (Wildman–Crippen LogP) is 1.41. The van der Waals surface area contributed by atoms with Crippen molar-refractivity contribution in [2.45, 2.75) is 25.3 Å². The summed E-state index contributed by atoms with van der Waals surface area (Å²) in [5, 5.41) is 0.878. The van der Waals surface area contributed by atoms with Crippen molar-refractivity contribution < 1.29 is 9.53 Å². The number of halogens is 1. The van der Waals surface area contributed by atoms with Crippen LogP contribution in [-0.4, -0.2) is 41.9 Å². The van der Waals surface area contributed by atoms with Crippen molar-refractivity contribution >= 4 is 21.8 Å². The zero-order valence-corrected chi connectivity index (χ0v) is 9.83. The average molecular weight is 262 g/mol. The Morgan fingerprint density at radius 1 is 1.43 bits per heavy atom. The van der Waals surface area contributed by atoms with E-state index in [1.165, 1.54) is 12.8 Å². The molecule has 0 N–H and O–H groups in total. The second-order valence-electron chi connectivity index (χ2n) is 4.01. The number of rotatable bonds is 4. The number of carbonyl (C=O) groups excluding carboxylic acids is 1. The fraction of sp³-hybridized carbons (Fsp3) is 0.900. The lowest BCUT2D eigenvalue weighted by Gasteiger charge is -2.24. The standard InChI is InChI=1S/C10H16BrNO2/c11-4-5-12(9-1-2-9)10(13)8-3-6-14-7-8/h8-9H,1-7H2. The second-order valence-corrected chi connectivity index (χ2v) is 4.81. The molecular weight excluding hydrogens is 246 g/mol. The van der Waals surface area contributed by atoms with Gasteiger partial charge in [-0.2, -0.15) is 0 Å². The molecule has 1 aliphatic carbocycles. The summed E-state index contributed by atoms with van der Waals surface area (Å²) in [4.78, 5) is 14.1. The highest BCUT2D eigenvalue weighted by Gasteiger charge is 2.36. The molecule has 14 heavy (non-hydrogen) atoms. The fourth-order valence-electron chi connectivity index (χ4n) is 1.91. The van der Waals surface area contributed by atoms with E-state index in [2.05, 4.69) is 15.9 Å². The van der Waals surface area contributed by atoms with Gasteiger partial charge in [-0.25, -0.2) is 0 Å². The van der Waals surface area contributed by atoms with E-state index < -0.39 is 0 Å². The van der Waals surface area contributed by atoms with Gasteiger partial charge in [-0.05, 0) is 19.3 Å². The maximum atomic E-state index is 12.0. The van der Waals surface area contributed by atoms with Crippen LogP contribution in [0.15, 0.2) is 0 Å². The van der Waals surface area contributed by atoms with E-state index in [0.29, 0.717) is 18.6 Å². The first-order valence-electron chi connectivity index (χ1n) is 5.27. The topological polar surface area (TPSA) is 29.5 Å². The van der Waals surface area contributed by atoms with Gasteiger partial charge in [0.2, 0.25) is 5.91 Å². The van der Waals surface area contributed by atoms with Gasteiger partial charge < -0.3 is 9.64 Å². The van der Waals surface area contributed by atoms with Crippen molar-refractivity contribution in [3.8, 4) is 0 Å². The maximum absolute atomic E-state index is 12.0. The zero-order valence-electron chi connectivity index (χ0n) is 8.25. The minimum absolute atomic E-state index is 0.134. The Kier molecular flexibility index (Phi) is 3.44. The highest BCUT2D eigenvalue weighted by Crippen LogP contribution is 2.29. The van der Waals surface area contributed by atoms with Crippen LogP contribution in [0.2, 0.25) is 0 Å². The molecule has 0 aromatic carbocycles. The molecule has 4 heteroatoms. The first kappa shape index (κ1) is 10.4. The van der Waals surface area contributed by atoms with E-state index >= 15 is 0 Å². The number of hydrogen-bond acceptors (Lipinski definition) is 2. The van der Waals surface area contributed by atoms with E-state index in [0.717, 1.165) is 24.9 Å². The lowest BCUT2D eigenvalue weighted by molar-refractivity contribution is -0.135. The molecule has 0 radical (unpaired) electrons. The van der Waals surface area contributed by atoms with Gasteiger partial charge in [-0.1, -0.05) is 15.9 Å². The Hall–Kier alpha value is -0.0900. The van der Waals surface area contributed by atoms with Gasteiger partial charge in [-0.3, -0.25) is 4.79 Å². The summed E-state index contributed by atoms with van der Waals surface area (Å²) in [7, 11) is 0. The Bertz CT molecular complexity index is 212. The lowest BCUT2D eigenvalue weighted by atomic mass is 10.1. The Morgan fingerprint density at radius 3 is 2.71 bits per heavy atom. The highest BCUT2D eigenvalue weighted by atomic mass is 79.9. The molecule has 1 saturated carbocycles. The largest absolute Gasteiger partial charge is 0.381 e. The third-order valence-electron chi connectivity index (χ3n) is 2.88. The molecule has 3 nitrogen and oxygen atoms in total. The van der Waals surface area contributed by atoms with E-state index in [1.807, 2.05) is 4.90 Å². The van der Waals surface area contributed by atoms with E-state index in [-0.39, 0.29) is 5.92 Å². The molecule has 1 unspecified atom stereocenters. The molecule has 0 spiro atoms. The van der Waals surface area contributed by atoms with Crippen LogP contribution in [0.3, 0.4) is 0 Å². The fourth-order valence-corrected chi connectivity index (χ4v) is 2.30. The van der Waals surface area contributed by atoms with Crippen molar-refractivity contribution in [3.05, 3.63) is 0 Å². The minimum atomic E-state index is 0.134. The van der Waals surface area contributed by atoms with Crippen LogP contribution in [0.5, 0.6) is 0 Å². The molecule has 1 aliphatic heterocycles. The number of amides is 1. The number of hydrogen-bond donors (Lipinski definition) is 0. The van der Waals surface area contributed by atoms with Gasteiger partial charge in [0.1, 0.15) is 0 Å².